The van der Waals surface area contributed by atoms with E-state index in [-0.39, 0.29) is 0 Å². The fraction of sp³-hybridized carbons (Fsp3) is 0.308. The summed E-state index contributed by atoms with van der Waals surface area (Å²) in [6.45, 7) is 5.17. The average Bonchev–Trinajstić information content (AvgIpc) is 2.67. The first kappa shape index (κ1) is 10.7. The molecule has 0 atom stereocenters. The summed E-state index contributed by atoms with van der Waals surface area (Å²) in [5.41, 5.74) is 9.01. The maximum absolute atomic E-state index is 6.02. The molecule has 2 rings (SSSR count). The highest BCUT2D eigenvalue weighted by Gasteiger charge is 2.08. The summed E-state index contributed by atoms with van der Waals surface area (Å²) in [4.78, 5) is 4.38. The zero-order chi connectivity index (χ0) is 11.5. The highest BCUT2D eigenvalue weighted by Crippen LogP contribution is 2.25. The normalized spacial score (nSPS) is 10.6. The van der Waals surface area contributed by atoms with Crippen molar-refractivity contribution in [3.8, 4) is 11.4 Å². The number of aromatic nitrogens is 2. The van der Waals surface area contributed by atoms with Gasteiger partial charge in [-0.1, -0.05) is 13.0 Å². The van der Waals surface area contributed by atoms with Crippen LogP contribution in [0, 0.1) is 6.92 Å². The molecule has 0 spiro atoms. The Balaban J connectivity index is 2.46. The number of aryl methyl sites for hydroxylation is 2. The van der Waals surface area contributed by atoms with Crippen LogP contribution in [0.15, 0.2) is 30.6 Å². The van der Waals surface area contributed by atoms with Gasteiger partial charge >= 0.3 is 0 Å². The van der Waals surface area contributed by atoms with Crippen LogP contribution in [0.2, 0.25) is 0 Å². The lowest BCUT2D eigenvalue weighted by atomic mass is 10.1. The second kappa shape index (κ2) is 4.39. The first-order valence-electron chi connectivity index (χ1n) is 5.60. The third kappa shape index (κ3) is 1.94. The first-order valence-corrected chi connectivity index (χ1v) is 5.60. The molecule has 1 aromatic heterocycles. The molecule has 1 aromatic carbocycles. The van der Waals surface area contributed by atoms with Gasteiger partial charge in [-0.3, -0.25) is 0 Å². The molecule has 0 saturated carbocycles. The van der Waals surface area contributed by atoms with E-state index in [2.05, 4.69) is 22.5 Å². The van der Waals surface area contributed by atoms with Crippen molar-refractivity contribution in [1.82, 2.24) is 9.55 Å². The number of imidazole rings is 1. The van der Waals surface area contributed by atoms with Crippen molar-refractivity contribution >= 4 is 5.69 Å². The van der Waals surface area contributed by atoms with E-state index in [1.165, 1.54) is 5.56 Å². The Morgan fingerprint density at radius 2 is 2.19 bits per heavy atom. The molecule has 0 unspecified atom stereocenters. The largest absolute Gasteiger partial charge is 0.398 e. The van der Waals surface area contributed by atoms with Crippen LogP contribution in [0.4, 0.5) is 5.69 Å². The van der Waals surface area contributed by atoms with Crippen LogP contribution in [0.1, 0.15) is 18.9 Å². The van der Waals surface area contributed by atoms with Gasteiger partial charge in [0.25, 0.3) is 0 Å². The van der Waals surface area contributed by atoms with Crippen molar-refractivity contribution in [2.24, 2.45) is 0 Å². The Morgan fingerprint density at radius 1 is 1.38 bits per heavy atom. The molecule has 0 radical (unpaired) electrons. The molecular weight excluding hydrogens is 198 g/mol. The van der Waals surface area contributed by atoms with E-state index in [0.717, 1.165) is 30.0 Å². The van der Waals surface area contributed by atoms with E-state index in [1.807, 2.05) is 31.5 Å². The molecule has 1 heterocycles. The predicted octanol–water partition coefficient (Wildman–Crippen LogP) is 2.85. The lowest BCUT2D eigenvalue weighted by molar-refractivity contribution is 0.685. The van der Waals surface area contributed by atoms with E-state index in [4.69, 9.17) is 5.73 Å². The van der Waals surface area contributed by atoms with Crippen LogP contribution in [0.5, 0.6) is 0 Å². The number of hydrogen-bond donors (Lipinski definition) is 1. The summed E-state index contributed by atoms with van der Waals surface area (Å²) < 4.78 is 2.14. The van der Waals surface area contributed by atoms with Crippen LogP contribution in [-0.4, -0.2) is 9.55 Å². The second-order valence-corrected chi connectivity index (χ2v) is 4.03. The topological polar surface area (TPSA) is 43.8 Å². The molecule has 0 aliphatic carbocycles. The zero-order valence-corrected chi connectivity index (χ0v) is 9.77. The molecule has 2 N–H and O–H groups in total. The van der Waals surface area contributed by atoms with Crippen molar-refractivity contribution in [2.45, 2.75) is 26.8 Å². The van der Waals surface area contributed by atoms with Gasteiger partial charge in [-0.2, -0.15) is 0 Å². The van der Waals surface area contributed by atoms with Gasteiger partial charge in [-0.25, -0.2) is 4.98 Å². The minimum absolute atomic E-state index is 0.795. The van der Waals surface area contributed by atoms with E-state index in [0.29, 0.717) is 0 Å². The predicted molar refractivity (Wildman–Crippen MR) is 67.1 cm³/mol. The highest BCUT2D eigenvalue weighted by molar-refractivity contribution is 5.72. The lowest BCUT2D eigenvalue weighted by Gasteiger charge is -2.09. The molecule has 16 heavy (non-hydrogen) atoms. The quantitative estimate of drug-likeness (QED) is 0.800. The zero-order valence-electron chi connectivity index (χ0n) is 9.77. The number of benzene rings is 1. The monoisotopic (exact) mass is 215 g/mol. The summed E-state index contributed by atoms with van der Waals surface area (Å²) in [7, 11) is 0. The SMILES string of the molecule is CCCn1ccnc1-c1ccc(C)cc1N. The van der Waals surface area contributed by atoms with Gasteiger partial charge in [0.05, 0.1) is 0 Å². The van der Waals surface area contributed by atoms with E-state index >= 15 is 0 Å². The molecule has 3 heteroatoms. The van der Waals surface area contributed by atoms with E-state index in [1.54, 1.807) is 0 Å². The Bertz CT molecular complexity index is 486. The molecule has 0 bridgehead atoms. The molecule has 0 amide bonds. The van der Waals surface area contributed by atoms with Gasteiger partial charge in [0, 0.05) is 30.2 Å². The summed E-state index contributed by atoms with van der Waals surface area (Å²) in [6.07, 6.45) is 4.91. The third-order valence-electron chi connectivity index (χ3n) is 2.63. The molecule has 84 valence electrons. The van der Waals surface area contributed by atoms with Crippen LogP contribution in [-0.2, 0) is 6.54 Å². The molecule has 2 aromatic rings. The number of nitrogen functional groups attached to an aromatic ring is 1. The van der Waals surface area contributed by atoms with Gasteiger partial charge in [-0.15, -0.1) is 0 Å². The van der Waals surface area contributed by atoms with Crippen LogP contribution < -0.4 is 5.73 Å². The molecule has 0 aliphatic heterocycles. The Kier molecular flexibility index (Phi) is 2.95. The van der Waals surface area contributed by atoms with Crippen molar-refractivity contribution in [3.05, 3.63) is 36.2 Å². The summed E-state index contributed by atoms with van der Waals surface area (Å²) in [6, 6.07) is 6.09. The number of hydrogen-bond acceptors (Lipinski definition) is 2. The first-order chi connectivity index (χ1) is 7.72. The van der Waals surface area contributed by atoms with Crippen LogP contribution in [0.3, 0.4) is 0 Å². The molecule has 3 nitrogen and oxygen atoms in total. The Labute approximate surface area is 95.9 Å². The van der Waals surface area contributed by atoms with Gasteiger partial charge in [0.1, 0.15) is 5.82 Å². The van der Waals surface area contributed by atoms with Gasteiger partial charge in [0.2, 0.25) is 0 Å². The number of anilines is 1. The number of rotatable bonds is 3. The lowest BCUT2D eigenvalue weighted by Crippen LogP contribution is -2.00. The summed E-state index contributed by atoms with van der Waals surface area (Å²) >= 11 is 0. The van der Waals surface area contributed by atoms with E-state index in [9.17, 15) is 0 Å². The minimum atomic E-state index is 0.795. The van der Waals surface area contributed by atoms with Crippen molar-refractivity contribution in [3.63, 3.8) is 0 Å². The molecule has 0 fully saturated rings. The van der Waals surface area contributed by atoms with E-state index < -0.39 is 0 Å². The maximum Gasteiger partial charge on any atom is 0.141 e. The molecular formula is C13H17N3. The van der Waals surface area contributed by atoms with Gasteiger partial charge < -0.3 is 10.3 Å². The molecule has 0 saturated heterocycles. The Hall–Kier alpha value is -1.77. The highest BCUT2D eigenvalue weighted by atomic mass is 15.1. The third-order valence-corrected chi connectivity index (χ3v) is 2.63. The summed E-state index contributed by atoms with van der Waals surface area (Å²) in [5.74, 6) is 0.958. The fourth-order valence-corrected chi connectivity index (χ4v) is 1.86. The standard InChI is InChI=1S/C13H17N3/c1-3-7-16-8-6-15-13(16)11-5-4-10(2)9-12(11)14/h4-6,8-9H,3,7,14H2,1-2H3. The van der Waals surface area contributed by atoms with Crippen LogP contribution >= 0.6 is 0 Å². The summed E-state index contributed by atoms with van der Waals surface area (Å²) in [5, 5.41) is 0. The second-order valence-electron chi connectivity index (χ2n) is 4.03. The van der Waals surface area contributed by atoms with Gasteiger partial charge in [0.15, 0.2) is 0 Å². The van der Waals surface area contributed by atoms with Crippen molar-refractivity contribution < 1.29 is 0 Å². The van der Waals surface area contributed by atoms with Crippen molar-refractivity contribution in [1.29, 1.82) is 0 Å². The van der Waals surface area contributed by atoms with Crippen molar-refractivity contribution in [2.75, 3.05) is 5.73 Å². The number of nitrogens with two attached hydrogens (primary N) is 1. The Morgan fingerprint density at radius 3 is 2.88 bits per heavy atom. The maximum atomic E-state index is 6.02. The minimum Gasteiger partial charge on any atom is -0.398 e. The smallest absolute Gasteiger partial charge is 0.141 e. The van der Waals surface area contributed by atoms with Crippen LogP contribution in [0.25, 0.3) is 11.4 Å². The van der Waals surface area contributed by atoms with Gasteiger partial charge in [-0.05, 0) is 31.0 Å². The molecule has 0 aliphatic rings. The number of nitrogens with zero attached hydrogens (tertiary/aromatic N) is 2. The fourth-order valence-electron chi connectivity index (χ4n) is 1.86. The average molecular weight is 215 g/mol.